The Morgan fingerprint density at radius 3 is 2.86 bits per heavy atom. The first kappa shape index (κ1) is 21.8. The molecule has 3 rings (SSSR count). The van der Waals surface area contributed by atoms with E-state index >= 15 is 0 Å². The van der Waals surface area contributed by atoms with Crippen molar-refractivity contribution in [1.82, 2.24) is 25.0 Å². The van der Waals surface area contributed by atoms with Gasteiger partial charge in [0.1, 0.15) is 5.69 Å². The normalized spacial score (nSPS) is 16.7. The van der Waals surface area contributed by atoms with Gasteiger partial charge in [0.15, 0.2) is 0 Å². The number of nitrogens with one attached hydrogen (secondary N) is 1. The molecule has 0 radical (unpaired) electrons. The largest absolute Gasteiger partial charge is 0.328 e. The summed E-state index contributed by atoms with van der Waals surface area (Å²) in [5, 5.41) is 19.0. The van der Waals surface area contributed by atoms with Gasteiger partial charge in [0.25, 0.3) is 5.91 Å². The van der Waals surface area contributed by atoms with Gasteiger partial charge in [0.2, 0.25) is 5.69 Å². The molecule has 1 aliphatic rings. The molecule has 0 spiro atoms. The Balaban J connectivity index is 0.00000280. The fourth-order valence-electron chi connectivity index (χ4n) is 3.59. The summed E-state index contributed by atoms with van der Waals surface area (Å²) in [6.45, 7) is 3.58. The molecule has 2 aromatic rings. The second-order valence-electron chi connectivity index (χ2n) is 6.75. The van der Waals surface area contributed by atoms with E-state index < -0.39 is 4.92 Å². The summed E-state index contributed by atoms with van der Waals surface area (Å²) in [4.78, 5) is 30.5. The topological polar surface area (TPSA) is 106 Å². The van der Waals surface area contributed by atoms with Crippen LogP contribution in [0.5, 0.6) is 0 Å². The summed E-state index contributed by atoms with van der Waals surface area (Å²) in [7, 11) is 1.57. The zero-order valence-electron chi connectivity index (χ0n) is 16.0. The van der Waals surface area contributed by atoms with Crippen LogP contribution in [0.3, 0.4) is 0 Å². The van der Waals surface area contributed by atoms with Gasteiger partial charge in [-0.2, -0.15) is 5.10 Å². The van der Waals surface area contributed by atoms with E-state index in [1.165, 1.54) is 4.68 Å². The number of rotatable bonds is 5. The van der Waals surface area contributed by atoms with Gasteiger partial charge in [-0.25, -0.2) is 0 Å². The average Bonchev–Trinajstić information content (AvgIpc) is 2.81. The van der Waals surface area contributed by atoms with Gasteiger partial charge in [0, 0.05) is 19.3 Å². The molecule has 0 aliphatic carbocycles. The first-order valence-electron chi connectivity index (χ1n) is 9.08. The Hall–Kier alpha value is -2.52. The Labute approximate surface area is 169 Å². The molecule has 9 nitrogen and oxygen atoms in total. The van der Waals surface area contributed by atoms with Crippen molar-refractivity contribution in [2.24, 2.45) is 7.05 Å². The number of nitro groups is 1. The predicted molar refractivity (Wildman–Crippen MR) is 106 cm³/mol. The van der Waals surface area contributed by atoms with Crippen molar-refractivity contribution in [2.75, 3.05) is 13.1 Å². The lowest BCUT2D eigenvalue weighted by atomic mass is 10.1. The lowest BCUT2D eigenvalue weighted by Crippen LogP contribution is -2.41. The summed E-state index contributed by atoms with van der Waals surface area (Å²) in [5.74, 6) is -0.373. The maximum atomic E-state index is 13.4. The number of hydrogen-bond donors (Lipinski definition) is 1. The molecule has 3 heterocycles. The number of aryl methyl sites for hydroxylation is 2. The second-order valence-corrected chi connectivity index (χ2v) is 6.75. The van der Waals surface area contributed by atoms with Gasteiger partial charge in [-0.3, -0.25) is 24.6 Å². The number of pyridine rings is 1. The smallest absolute Gasteiger partial charge is 0.322 e. The molecular weight excluding hydrogens is 384 g/mol. The van der Waals surface area contributed by atoms with E-state index in [-0.39, 0.29) is 41.4 Å². The predicted octanol–water partition coefficient (Wildman–Crippen LogP) is 2.24. The number of carbonyl (C=O) groups is 1. The minimum absolute atomic E-state index is 0. The van der Waals surface area contributed by atoms with Crippen molar-refractivity contribution >= 4 is 24.0 Å². The molecule has 2 aromatic heterocycles. The van der Waals surface area contributed by atoms with Crippen molar-refractivity contribution in [1.29, 1.82) is 0 Å². The Bertz CT molecular complexity index is 818. The van der Waals surface area contributed by atoms with Crippen LogP contribution in [-0.2, 0) is 13.6 Å². The van der Waals surface area contributed by atoms with Crippen LogP contribution in [0.2, 0.25) is 0 Å². The third-order valence-corrected chi connectivity index (χ3v) is 4.88. The van der Waals surface area contributed by atoms with Gasteiger partial charge in [-0.15, -0.1) is 12.4 Å². The monoisotopic (exact) mass is 408 g/mol. The molecule has 1 amide bonds. The van der Waals surface area contributed by atoms with E-state index in [2.05, 4.69) is 15.4 Å². The molecule has 0 aromatic carbocycles. The first-order chi connectivity index (χ1) is 13.0. The molecule has 1 atom stereocenters. The Morgan fingerprint density at radius 2 is 2.18 bits per heavy atom. The van der Waals surface area contributed by atoms with E-state index in [1.807, 2.05) is 18.2 Å². The van der Waals surface area contributed by atoms with E-state index in [0.717, 1.165) is 38.0 Å². The third-order valence-electron chi connectivity index (χ3n) is 4.88. The SMILES string of the molecule is Cc1nn(C)c(C(=O)N(Cc2ccccn2)C2CCCNCC2)c1[N+](=O)[O-].Cl. The number of aromatic nitrogens is 3. The zero-order chi connectivity index (χ0) is 19.4. The van der Waals surface area contributed by atoms with E-state index in [1.54, 1.807) is 25.1 Å². The van der Waals surface area contributed by atoms with Crippen LogP contribution in [0.1, 0.15) is 41.1 Å². The second kappa shape index (κ2) is 9.61. The molecule has 0 bridgehead atoms. The fraction of sp³-hybridized carbons (Fsp3) is 0.500. The summed E-state index contributed by atoms with van der Waals surface area (Å²) < 4.78 is 1.32. The third kappa shape index (κ3) is 4.66. The van der Waals surface area contributed by atoms with E-state index in [0.29, 0.717) is 6.54 Å². The fourth-order valence-corrected chi connectivity index (χ4v) is 3.59. The number of hydrogen-bond acceptors (Lipinski definition) is 6. The molecule has 1 saturated heterocycles. The van der Waals surface area contributed by atoms with Crippen LogP contribution in [0.4, 0.5) is 5.69 Å². The van der Waals surface area contributed by atoms with E-state index in [4.69, 9.17) is 0 Å². The molecule has 0 saturated carbocycles. The van der Waals surface area contributed by atoms with Crippen LogP contribution in [0.15, 0.2) is 24.4 Å². The molecule has 1 aliphatic heterocycles. The van der Waals surface area contributed by atoms with Crippen molar-refractivity contribution in [3.8, 4) is 0 Å². The quantitative estimate of drug-likeness (QED) is 0.600. The summed E-state index contributed by atoms with van der Waals surface area (Å²) >= 11 is 0. The Morgan fingerprint density at radius 1 is 1.39 bits per heavy atom. The van der Waals surface area contributed by atoms with Gasteiger partial charge in [-0.05, 0) is 51.4 Å². The maximum absolute atomic E-state index is 13.4. The number of halogens is 1. The molecule has 152 valence electrons. The van der Waals surface area contributed by atoms with E-state index in [9.17, 15) is 14.9 Å². The minimum atomic E-state index is -0.525. The molecular formula is C18H25ClN6O3. The standard InChI is InChI=1S/C18H24N6O3.ClH/c1-13-16(24(26)27)17(22(2)21-13)18(25)23(12-14-6-3-4-10-20-14)15-7-5-9-19-11-8-15;/h3-4,6,10,15,19H,5,7-9,11-12H2,1-2H3;1H. The number of carbonyl (C=O) groups excluding carboxylic acids is 1. The van der Waals surface area contributed by atoms with Crippen molar-refractivity contribution in [2.45, 2.75) is 38.8 Å². The van der Waals surface area contributed by atoms with Crippen LogP contribution in [-0.4, -0.2) is 49.6 Å². The van der Waals surface area contributed by atoms with Crippen LogP contribution < -0.4 is 5.32 Å². The summed E-state index contributed by atoms with van der Waals surface area (Å²) in [6.07, 6.45) is 4.27. The highest BCUT2D eigenvalue weighted by molar-refractivity contribution is 5.97. The highest BCUT2D eigenvalue weighted by Crippen LogP contribution is 2.27. The maximum Gasteiger partial charge on any atom is 0.322 e. The lowest BCUT2D eigenvalue weighted by Gasteiger charge is -2.30. The lowest BCUT2D eigenvalue weighted by molar-refractivity contribution is -0.385. The van der Waals surface area contributed by atoms with Crippen molar-refractivity contribution in [3.63, 3.8) is 0 Å². The van der Waals surface area contributed by atoms with Crippen molar-refractivity contribution < 1.29 is 9.72 Å². The van der Waals surface area contributed by atoms with Gasteiger partial charge in [-0.1, -0.05) is 6.07 Å². The highest BCUT2D eigenvalue weighted by Gasteiger charge is 2.35. The Kier molecular flexibility index (Phi) is 7.47. The molecule has 1 fully saturated rings. The van der Waals surface area contributed by atoms with Crippen LogP contribution in [0.25, 0.3) is 0 Å². The van der Waals surface area contributed by atoms with Gasteiger partial charge >= 0.3 is 5.69 Å². The summed E-state index contributed by atoms with van der Waals surface area (Å²) in [6, 6.07) is 5.54. The number of nitrogens with zero attached hydrogens (tertiary/aromatic N) is 5. The molecule has 1 N–H and O–H groups in total. The molecule has 28 heavy (non-hydrogen) atoms. The number of amides is 1. The van der Waals surface area contributed by atoms with Crippen LogP contribution >= 0.6 is 12.4 Å². The zero-order valence-corrected chi connectivity index (χ0v) is 16.8. The highest BCUT2D eigenvalue weighted by atomic mass is 35.5. The van der Waals surface area contributed by atoms with Crippen molar-refractivity contribution in [3.05, 3.63) is 51.6 Å². The molecule has 1 unspecified atom stereocenters. The van der Waals surface area contributed by atoms with Crippen LogP contribution in [0, 0.1) is 17.0 Å². The first-order valence-corrected chi connectivity index (χ1v) is 9.08. The summed E-state index contributed by atoms with van der Waals surface area (Å²) in [5.41, 5.74) is 0.793. The van der Waals surface area contributed by atoms with Gasteiger partial charge < -0.3 is 10.2 Å². The average molecular weight is 409 g/mol. The van der Waals surface area contributed by atoms with Gasteiger partial charge in [0.05, 0.1) is 17.2 Å². The minimum Gasteiger partial charge on any atom is -0.328 e. The molecule has 10 heteroatoms.